The summed E-state index contributed by atoms with van der Waals surface area (Å²) in [5.41, 5.74) is 6.69. The number of nitrogens with one attached hydrogen (secondary N) is 6. The molecule has 12 N–H and O–H groups in total. The molecule has 20 unspecified atom stereocenters. The van der Waals surface area contributed by atoms with Gasteiger partial charge in [-0.05, 0) is 40.0 Å². The summed E-state index contributed by atoms with van der Waals surface area (Å²) in [6.45, 7) is 10.7. The number of hydrogen-bond donors (Lipinski definition) is 10. The molecule has 0 spiro atoms. The Morgan fingerprint density at radius 2 is 1.23 bits per heavy atom. The first-order chi connectivity index (χ1) is 37.2. The van der Waals surface area contributed by atoms with E-state index in [0.29, 0.717) is 11.4 Å². The Balaban J connectivity index is 0.000000394. The van der Waals surface area contributed by atoms with Crippen LogP contribution in [-0.2, 0) is 74.8 Å². The number of carboxylic acid groups (broad SMARTS) is 2. The maximum atomic E-state index is 12.9. The molecule has 6 saturated heterocycles. The summed E-state index contributed by atoms with van der Waals surface area (Å²) < 4.78 is 72.5. The number of amides is 2. The van der Waals surface area contributed by atoms with Crippen molar-refractivity contribution in [3.63, 3.8) is 0 Å². The molecular formula is C44H66N9O24Si2-. The molecule has 35 heteroatoms. The number of rotatable bonds is 13. The zero-order valence-corrected chi connectivity index (χ0v) is 46.1. The number of aryl methyl sites for hydroxylation is 1. The predicted molar refractivity (Wildman–Crippen MR) is 259 cm³/mol. The maximum absolute atomic E-state index is 12.9. The van der Waals surface area contributed by atoms with Gasteiger partial charge in [0.05, 0.1) is 31.3 Å². The topological polar surface area (TPSA) is 478 Å². The molecule has 0 aromatic carbocycles. The highest BCUT2D eigenvalue weighted by Gasteiger charge is 2.62. The van der Waals surface area contributed by atoms with E-state index in [-0.39, 0.29) is 5.56 Å². The number of nitrogens with zero attached hydrogens (tertiary/aromatic N) is 2. The van der Waals surface area contributed by atoms with Crippen LogP contribution >= 0.6 is 0 Å². The number of hydrogen-bond acceptors (Lipinski definition) is 27. The Bertz CT molecular complexity index is 2740. The van der Waals surface area contributed by atoms with Crippen molar-refractivity contribution in [3.05, 3.63) is 45.3 Å². The first kappa shape index (κ1) is 61.3. The zero-order valence-electron chi connectivity index (χ0n) is 44.1. The van der Waals surface area contributed by atoms with Gasteiger partial charge >= 0.3 is 22.8 Å². The molecule has 33 nitrogen and oxygen atoms in total. The molecule has 6 aliphatic rings. The quantitative estimate of drug-likeness (QED) is 0.0711. The van der Waals surface area contributed by atoms with Crippen molar-refractivity contribution in [3.8, 4) is 0 Å². The number of H-pyrrole nitrogens is 4. The first-order valence-corrected chi connectivity index (χ1v) is 30.4. The van der Waals surface area contributed by atoms with E-state index >= 15 is 0 Å². The predicted octanol–water partition coefficient (Wildman–Crippen LogP) is -7.97. The standard InChI is InChI=1S/C34H56N2O22Si2.C5H5N5.C5H6N2O2/c1-11-20-25(56-59(5,6)55-20)23(27(48-11)30(43)44)52-33-17(36-13(3)40)22(19(42)15(10-38)50-33)51-34-29-26(57-60(7,8)58-29)24(28(54-34)31(45)46)53-32-16(35-12(2)39)21(47-4)18(41)14(9-37)49-32;6-4-3-5(9-1-7-3)10-2-8-4;1-3-2-6-5(9)7-4(3)8/h11,14-29,32-34,37-38,41-42H,9-10H2,1-8H3,(H,35,39)(H,36,40)(H,43,44)(H,45,46);1-2H,(H3,6,7,8,9,10);2H,1H3,(H2,6,7,8,9)/p-1. The van der Waals surface area contributed by atoms with Gasteiger partial charge in [0.25, 0.3) is 11.2 Å². The summed E-state index contributed by atoms with van der Waals surface area (Å²) in [5.74, 6) is -4.31. The summed E-state index contributed by atoms with van der Waals surface area (Å²) in [5, 5.41) is 73.2. The largest absolute Gasteiger partial charge is 0.547 e. The van der Waals surface area contributed by atoms with Crippen LogP contribution in [0.25, 0.3) is 11.2 Å². The van der Waals surface area contributed by atoms with E-state index in [1.54, 1.807) is 46.4 Å². The number of nitrogen functional groups attached to an aromatic ring is 1. The van der Waals surface area contributed by atoms with E-state index in [1.165, 1.54) is 26.6 Å². The average molecular weight is 1160 g/mol. The van der Waals surface area contributed by atoms with Crippen LogP contribution in [0.3, 0.4) is 0 Å². The zero-order chi connectivity index (χ0) is 58.0. The van der Waals surface area contributed by atoms with Crippen molar-refractivity contribution in [2.75, 3.05) is 26.1 Å². The molecule has 3 aromatic rings. The fourth-order valence-electron chi connectivity index (χ4n) is 9.89. The molecule has 0 aliphatic carbocycles. The SMILES string of the molecule is COC1C(O)C(CO)OC(OC2C(C(=O)[O-])OC(OC3C(O)C(CO)OC(OC4C(C(=O)[O-])OC(C)C5O[Si](C)(C)OC54)C3NC(C)=O)C3O[Si](C)(C)OC32)C1NC(C)=O.Cc1c[nH]c(=O)[nH]c1=O.Nc1nc[nH+]c2nc[nH]c12. The lowest BCUT2D eigenvalue weighted by Crippen LogP contribution is -2.71. The van der Waals surface area contributed by atoms with Crippen molar-refractivity contribution in [2.24, 2.45) is 0 Å². The number of imidazole rings is 1. The lowest BCUT2D eigenvalue weighted by molar-refractivity contribution is -0.376. The van der Waals surface area contributed by atoms with Crippen LogP contribution in [0, 0.1) is 6.92 Å². The molecule has 20 atom stereocenters. The third-order valence-electron chi connectivity index (χ3n) is 13.3. The highest BCUT2D eigenvalue weighted by atomic mass is 28.4. The molecule has 0 radical (unpaired) electrons. The third kappa shape index (κ3) is 13.9. The molecular weight excluding hydrogens is 1090 g/mol. The number of aromatic nitrogens is 6. The number of ether oxygens (including phenoxy) is 8. The van der Waals surface area contributed by atoms with Crippen LogP contribution in [-0.4, -0.2) is 229 Å². The lowest BCUT2D eigenvalue weighted by atomic mass is 9.93. The second-order valence-corrected chi connectivity index (χ2v) is 26.6. The Morgan fingerprint density at radius 1 is 0.734 bits per heavy atom. The van der Waals surface area contributed by atoms with E-state index in [9.17, 15) is 59.4 Å². The monoisotopic (exact) mass is 1160 g/mol. The van der Waals surface area contributed by atoms with Crippen LogP contribution in [0.1, 0.15) is 26.3 Å². The second kappa shape index (κ2) is 25.2. The van der Waals surface area contributed by atoms with Crippen LogP contribution in [0.5, 0.6) is 0 Å². The Morgan fingerprint density at radius 3 is 1.72 bits per heavy atom. The van der Waals surface area contributed by atoms with Gasteiger partial charge in [0, 0.05) is 32.7 Å². The van der Waals surface area contributed by atoms with Gasteiger partial charge in [0.15, 0.2) is 30.7 Å². The summed E-state index contributed by atoms with van der Waals surface area (Å²) in [7, 11) is -4.79. The first-order valence-electron chi connectivity index (χ1n) is 24.8. The Labute approximate surface area is 450 Å². The number of aliphatic carboxylic acids is 2. The minimum Gasteiger partial charge on any atom is -0.547 e. The van der Waals surface area contributed by atoms with E-state index < -0.39 is 182 Å². The molecule has 3 aromatic heterocycles. The van der Waals surface area contributed by atoms with Crippen LogP contribution in [0.15, 0.2) is 28.4 Å². The van der Waals surface area contributed by atoms with Gasteiger partial charge in [-0.25, -0.2) is 9.78 Å². The van der Waals surface area contributed by atoms with Gasteiger partial charge in [-0.15, -0.1) is 0 Å². The minimum absolute atomic E-state index is 0.334. The highest BCUT2D eigenvalue weighted by Crippen LogP contribution is 2.42. The molecule has 6 fully saturated rings. The summed E-state index contributed by atoms with van der Waals surface area (Å²) in [6, 6.07) is -2.78. The average Bonchev–Trinajstić information content (AvgIpc) is 4.20. The summed E-state index contributed by atoms with van der Waals surface area (Å²) >= 11 is 0. The second-order valence-electron chi connectivity index (χ2n) is 20.0. The van der Waals surface area contributed by atoms with Crippen molar-refractivity contribution in [1.82, 2.24) is 35.6 Å². The summed E-state index contributed by atoms with van der Waals surface area (Å²) in [6.07, 6.45) is -21.7. The fourth-order valence-corrected chi connectivity index (χ4v) is 13.7. The van der Waals surface area contributed by atoms with Crippen LogP contribution < -0.4 is 42.8 Å². The van der Waals surface area contributed by atoms with Gasteiger partial charge < -0.3 is 122 Å². The van der Waals surface area contributed by atoms with Gasteiger partial charge in [-0.3, -0.25) is 19.4 Å². The Hall–Kier alpha value is -5.30. The molecule has 9 heterocycles. The number of nitrogens with two attached hydrogens (primary N) is 1. The van der Waals surface area contributed by atoms with Crippen molar-refractivity contribution in [2.45, 2.75) is 176 Å². The number of carbonyl (C=O) groups excluding carboxylic acids is 4. The van der Waals surface area contributed by atoms with E-state index in [1.807, 2.05) is 0 Å². The maximum Gasteiger partial charge on any atom is 0.332 e. The van der Waals surface area contributed by atoms with E-state index in [0.717, 1.165) is 18.1 Å². The highest BCUT2D eigenvalue weighted by molar-refractivity contribution is 6.65. The van der Waals surface area contributed by atoms with E-state index in [4.69, 9.17) is 61.3 Å². The lowest BCUT2D eigenvalue weighted by Gasteiger charge is -2.50. The van der Waals surface area contributed by atoms with Gasteiger partial charge in [-0.2, -0.15) is 0 Å². The number of fused-ring (bicyclic) bond motifs is 3. The van der Waals surface area contributed by atoms with Crippen LogP contribution in [0.4, 0.5) is 5.82 Å². The number of aromatic amines is 4. The van der Waals surface area contributed by atoms with E-state index in [2.05, 4.69) is 40.5 Å². The number of anilines is 1. The number of carboxylic acids is 2. The van der Waals surface area contributed by atoms with Crippen molar-refractivity contribution < 1.29 is 110 Å². The van der Waals surface area contributed by atoms with Gasteiger partial charge in [0.2, 0.25) is 24.0 Å². The molecule has 440 valence electrons. The molecule has 2 amide bonds. The number of carbonyl (C=O) groups is 4. The smallest absolute Gasteiger partial charge is 0.332 e. The third-order valence-corrected chi connectivity index (χ3v) is 16.7. The molecule has 6 aliphatic heterocycles. The van der Waals surface area contributed by atoms with Gasteiger partial charge in [0.1, 0.15) is 97.5 Å². The molecule has 0 bridgehead atoms. The number of methoxy groups -OCH3 is 1. The Kier molecular flexibility index (Phi) is 19.6. The number of aliphatic hydroxyl groups excluding tert-OH is 4. The minimum atomic E-state index is -3.20. The fraction of sp³-hybridized carbons (Fsp3) is 0.705. The number of aliphatic hydroxyl groups is 4. The van der Waals surface area contributed by atoms with Crippen molar-refractivity contribution >= 4 is 57.9 Å². The molecule has 79 heavy (non-hydrogen) atoms. The van der Waals surface area contributed by atoms with Crippen LogP contribution in [0.2, 0.25) is 26.2 Å². The summed E-state index contributed by atoms with van der Waals surface area (Å²) in [4.78, 5) is 89.1. The molecule has 0 saturated carbocycles. The van der Waals surface area contributed by atoms with Crippen molar-refractivity contribution in [1.29, 1.82) is 0 Å². The normalized spacial score (nSPS) is 37.2. The van der Waals surface area contributed by atoms with Gasteiger partial charge in [-0.1, -0.05) is 9.97 Å². The molecule has 9 rings (SSSR count).